The molecule has 5 aliphatic rings. The summed E-state index contributed by atoms with van der Waals surface area (Å²) in [5, 5.41) is 32.4. The highest BCUT2D eigenvalue weighted by Gasteiger charge is 2.69. The largest absolute Gasteiger partial charge is 0.481 e. The first-order valence-electron chi connectivity index (χ1n) is 13.7. The maximum Gasteiger partial charge on any atom is 0.314 e. The van der Waals surface area contributed by atoms with Gasteiger partial charge in [0.1, 0.15) is 0 Å². The summed E-state index contributed by atoms with van der Waals surface area (Å²) in [4.78, 5) is 12.8. The van der Waals surface area contributed by atoms with Gasteiger partial charge in [0.25, 0.3) is 0 Å². The van der Waals surface area contributed by atoms with Crippen molar-refractivity contribution in [3.05, 3.63) is 22.8 Å². The van der Waals surface area contributed by atoms with Gasteiger partial charge in [0.2, 0.25) is 0 Å². The minimum Gasteiger partial charge on any atom is -0.481 e. The molecule has 0 amide bonds. The first kappa shape index (κ1) is 24.6. The van der Waals surface area contributed by atoms with Crippen LogP contribution in [0.25, 0.3) is 0 Å². The Hall–Kier alpha value is -1.13. The van der Waals surface area contributed by atoms with Crippen LogP contribution in [0.3, 0.4) is 0 Å². The average Bonchev–Trinajstić information content (AvgIpc) is 2.75. The number of carboxylic acids is 1. The van der Waals surface area contributed by atoms with Gasteiger partial charge in [-0.05, 0) is 109 Å². The van der Waals surface area contributed by atoms with Crippen LogP contribution in [0, 0.1) is 44.8 Å². The number of hydrogen-bond acceptors (Lipinski definition) is 3. The lowest BCUT2D eigenvalue weighted by Crippen LogP contribution is -2.66. The maximum atomic E-state index is 12.8. The van der Waals surface area contributed by atoms with Crippen molar-refractivity contribution in [1.29, 1.82) is 0 Å². The van der Waals surface area contributed by atoms with Crippen molar-refractivity contribution in [3.8, 4) is 0 Å². The smallest absolute Gasteiger partial charge is 0.314 e. The molecule has 0 spiro atoms. The molecule has 0 heterocycles. The Balaban J connectivity index is 1.66. The lowest BCUT2D eigenvalue weighted by Gasteiger charge is -2.70. The lowest BCUT2D eigenvalue weighted by atomic mass is 9.34. The molecule has 0 aromatic carbocycles. The van der Waals surface area contributed by atoms with Crippen molar-refractivity contribution in [2.45, 2.75) is 112 Å². The molecule has 4 nitrogen and oxygen atoms in total. The van der Waals surface area contributed by atoms with Gasteiger partial charge in [-0.2, -0.15) is 0 Å². The number of carbonyl (C=O) groups is 1. The summed E-state index contributed by atoms with van der Waals surface area (Å²) >= 11 is 0. The zero-order valence-corrected chi connectivity index (χ0v) is 22.4. The van der Waals surface area contributed by atoms with Crippen LogP contribution in [0.2, 0.25) is 0 Å². The monoisotopic (exact) mass is 470 g/mol. The topological polar surface area (TPSA) is 77.8 Å². The molecule has 0 aromatic heterocycles. The lowest BCUT2D eigenvalue weighted by molar-refractivity contribution is -0.227. The van der Waals surface area contributed by atoms with Crippen molar-refractivity contribution >= 4 is 5.97 Å². The molecular formula is C30H46O4. The third-order valence-corrected chi connectivity index (χ3v) is 12.7. The summed E-state index contributed by atoms with van der Waals surface area (Å²) in [6.45, 7) is 16.0. The van der Waals surface area contributed by atoms with E-state index in [1.54, 1.807) is 0 Å². The fourth-order valence-electron chi connectivity index (χ4n) is 10.4. The third kappa shape index (κ3) is 2.71. The molecule has 3 N–H and O–H groups in total. The van der Waals surface area contributed by atoms with Crippen LogP contribution in [0.15, 0.2) is 22.8 Å². The van der Waals surface area contributed by atoms with E-state index in [0.717, 1.165) is 44.9 Å². The Morgan fingerprint density at radius 3 is 2.29 bits per heavy atom. The zero-order valence-electron chi connectivity index (χ0n) is 22.4. The van der Waals surface area contributed by atoms with Crippen molar-refractivity contribution in [2.75, 3.05) is 0 Å². The van der Waals surface area contributed by atoms with Gasteiger partial charge in [-0.3, -0.25) is 4.79 Å². The van der Waals surface area contributed by atoms with Crippen molar-refractivity contribution in [3.63, 3.8) is 0 Å². The molecule has 4 heteroatoms. The second kappa shape index (κ2) is 7.22. The Kier molecular flexibility index (Phi) is 5.21. The van der Waals surface area contributed by atoms with Crippen LogP contribution in [0.5, 0.6) is 0 Å². The Morgan fingerprint density at radius 2 is 1.65 bits per heavy atom. The number of aliphatic hydroxyl groups is 2. The van der Waals surface area contributed by atoms with Gasteiger partial charge in [-0.1, -0.05) is 53.2 Å². The van der Waals surface area contributed by atoms with E-state index in [0.29, 0.717) is 24.2 Å². The summed E-state index contributed by atoms with van der Waals surface area (Å²) in [6, 6.07) is 0. The molecule has 5 aliphatic carbocycles. The number of aliphatic carboxylic acids is 1. The van der Waals surface area contributed by atoms with Crippen molar-refractivity contribution < 1.29 is 20.1 Å². The summed E-state index contributed by atoms with van der Waals surface area (Å²) < 4.78 is 0. The SMILES string of the molecule is CC1=C2C3=CC[C@@H]4[C@@]5(C)C[C@H](O)[C@H](O)C(C)(C)[C@@H]5CC[C@@]4(C)[C@]3(C)CC[C@@]2(C(=O)O)CC[C@H]1C. The number of hydrogen-bond donors (Lipinski definition) is 3. The molecule has 0 unspecified atom stereocenters. The molecule has 34 heavy (non-hydrogen) atoms. The third-order valence-electron chi connectivity index (χ3n) is 12.7. The van der Waals surface area contributed by atoms with E-state index in [1.807, 2.05) is 0 Å². The van der Waals surface area contributed by atoms with Gasteiger partial charge < -0.3 is 15.3 Å². The molecule has 5 rings (SSSR count). The Morgan fingerprint density at radius 1 is 0.971 bits per heavy atom. The van der Waals surface area contributed by atoms with Gasteiger partial charge in [-0.15, -0.1) is 0 Å². The quantitative estimate of drug-likeness (QED) is 0.431. The zero-order chi connectivity index (χ0) is 25.1. The predicted molar refractivity (Wildman–Crippen MR) is 134 cm³/mol. The first-order chi connectivity index (χ1) is 15.7. The molecule has 0 radical (unpaired) electrons. The van der Waals surface area contributed by atoms with Crippen LogP contribution in [-0.2, 0) is 4.79 Å². The van der Waals surface area contributed by atoms with Crippen LogP contribution >= 0.6 is 0 Å². The van der Waals surface area contributed by atoms with E-state index in [4.69, 9.17) is 0 Å². The molecule has 3 saturated carbocycles. The standard InChI is InChI=1S/C30H46O4/c1-17-10-13-30(25(33)34)15-14-28(6)19(23(30)18(17)2)8-9-22-27(5)16-20(31)24(32)26(3,4)21(27)11-12-29(22,28)7/h8,17,20-22,24,31-32H,9-16H2,1-7H3,(H,33,34)/t17-,20+,21+,22-,24+,27+,28-,29-,30+/m1/s1. The maximum absolute atomic E-state index is 12.8. The molecule has 9 atom stereocenters. The van der Waals surface area contributed by atoms with Crippen LogP contribution in [0.1, 0.15) is 99.8 Å². The van der Waals surface area contributed by atoms with Gasteiger partial charge >= 0.3 is 5.97 Å². The second-order valence-corrected chi connectivity index (χ2v) is 14.2. The summed E-state index contributed by atoms with van der Waals surface area (Å²) in [7, 11) is 0. The normalized spacial score (nSPS) is 52.0. The minimum atomic E-state index is -0.723. The highest BCUT2D eigenvalue weighted by Crippen LogP contribution is 2.75. The minimum absolute atomic E-state index is 0.0407. The van der Waals surface area contributed by atoms with Crippen LogP contribution < -0.4 is 0 Å². The molecule has 0 aliphatic heterocycles. The molecular weight excluding hydrogens is 424 g/mol. The van der Waals surface area contributed by atoms with Gasteiger partial charge in [-0.25, -0.2) is 0 Å². The number of rotatable bonds is 1. The molecule has 0 bridgehead atoms. The fraction of sp³-hybridized carbons (Fsp3) is 0.833. The van der Waals surface area contributed by atoms with E-state index in [2.05, 4.69) is 54.5 Å². The van der Waals surface area contributed by atoms with E-state index in [1.165, 1.54) is 16.7 Å². The molecule has 3 fully saturated rings. The van der Waals surface area contributed by atoms with E-state index < -0.39 is 23.6 Å². The predicted octanol–water partition coefficient (Wildman–Crippen LogP) is 6.12. The average molecular weight is 471 g/mol. The number of carboxylic acid groups (broad SMARTS) is 1. The Labute approximate surface area is 205 Å². The highest BCUT2D eigenvalue weighted by atomic mass is 16.4. The van der Waals surface area contributed by atoms with Crippen LogP contribution in [0.4, 0.5) is 0 Å². The van der Waals surface area contributed by atoms with Crippen molar-refractivity contribution in [2.24, 2.45) is 44.8 Å². The van der Waals surface area contributed by atoms with Gasteiger partial charge in [0.15, 0.2) is 0 Å². The summed E-state index contributed by atoms with van der Waals surface area (Å²) in [5.74, 6) is 0.576. The summed E-state index contributed by atoms with van der Waals surface area (Å²) in [5.41, 5.74) is 2.68. The van der Waals surface area contributed by atoms with E-state index in [-0.39, 0.29) is 21.7 Å². The summed E-state index contributed by atoms with van der Waals surface area (Å²) in [6.07, 6.45) is 8.16. The van der Waals surface area contributed by atoms with Gasteiger partial charge in [0.05, 0.1) is 17.6 Å². The van der Waals surface area contributed by atoms with E-state index >= 15 is 0 Å². The van der Waals surface area contributed by atoms with Crippen molar-refractivity contribution in [1.82, 2.24) is 0 Å². The van der Waals surface area contributed by atoms with Gasteiger partial charge in [0, 0.05) is 0 Å². The van der Waals surface area contributed by atoms with E-state index in [9.17, 15) is 20.1 Å². The highest BCUT2D eigenvalue weighted by molar-refractivity contribution is 5.82. The van der Waals surface area contributed by atoms with Crippen LogP contribution in [-0.4, -0.2) is 33.5 Å². The molecule has 0 saturated heterocycles. The molecule has 0 aromatic rings. The number of fused-ring (bicyclic) bond motifs is 7. The number of allylic oxidation sites excluding steroid dienone is 3. The Bertz CT molecular complexity index is 976. The second-order valence-electron chi connectivity index (χ2n) is 14.2. The molecule has 190 valence electrons. The number of aliphatic hydroxyl groups excluding tert-OH is 2. The first-order valence-corrected chi connectivity index (χ1v) is 13.7. The fourth-order valence-corrected chi connectivity index (χ4v) is 10.4.